The van der Waals surface area contributed by atoms with E-state index < -0.39 is 5.97 Å². The van der Waals surface area contributed by atoms with Crippen molar-refractivity contribution in [1.82, 2.24) is 19.9 Å². The molecule has 7 aromatic heterocycles. The van der Waals surface area contributed by atoms with E-state index in [4.69, 9.17) is 9.97 Å². The number of hydrogen-bond acceptors (Lipinski definition) is 3. The van der Waals surface area contributed by atoms with Crippen molar-refractivity contribution in [3.63, 3.8) is 0 Å². The molecule has 10 nitrogen and oxygen atoms in total. The minimum absolute atomic E-state index is 0. The van der Waals surface area contributed by atoms with Gasteiger partial charge in [-0.3, -0.25) is 0 Å². The Balaban J connectivity index is 0.00000165. The molecule has 0 atom stereocenters. The third-order valence-electron chi connectivity index (χ3n) is 10.1. The summed E-state index contributed by atoms with van der Waals surface area (Å²) in [5, 5.41) is 9.43. The molecule has 14 heteroatoms. The van der Waals surface area contributed by atoms with Crippen LogP contribution in [0.2, 0.25) is 0 Å². The standard InChI is InChI=1S/C45H35N8O2.4HI/c1-50-20-12-29(13-21-50)42-33-4-6-35(46-33)43(30-14-22-51(2)23-15-30)37-8-10-39(48-37)45(32-18-26-53(27-19-32)28-41(54)55)40-11-9-38(49-40)44(36-7-5-34(42)47-36)31-16-24-52(3)25-17-31;;;;/h4-27H,28H2,1-3H3;4*1H/q+1;;;;/p-1. The van der Waals surface area contributed by atoms with E-state index in [9.17, 15) is 9.90 Å². The van der Waals surface area contributed by atoms with Crippen LogP contribution in [-0.2, 0) is 32.5 Å². The Labute approximate surface area is 409 Å². The second kappa shape index (κ2) is 19.3. The van der Waals surface area contributed by atoms with Gasteiger partial charge >= 0.3 is 5.97 Å². The Kier molecular flexibility index (Phi) is 15.0. The molecule has 0 aliphatic carbocycles. The van der Waals surface area contributed by atoms with E-state index in [1.807, 2.05) is 71.8 Å². The first-order chi connectivity index (χ1) is 26.8. The molecule has 298 valence electrons. The fourth-order valence-electron chi connectivity index (χ4n) is 7.31. The first kappa shape index (κ1) is 45.7. The van der Waals surface area contributed by atoms with E-state index in [0.717, 1.165) is 89.4 Å². The molecule has 9 rings (SSSR count). The summed E-state index contributed by atoms with van der Waals surface area (Å²) in [5.74, 6) is -0.902. The normalized spacial score (nSPS) is 11.2. The van der Waals surface area contributed by atoms with Crippen molar-refractivity contribution in [2.45, 2.75) is 6.54 Å². The smallest absolute Gasteiger partial charge is 0.370 e. The van der Waals surface area contributed by atoms with Gasteiger partial charge in [-0.25, -0.2) is 28.5 Å². The molecule has 0 saturated carbocycles. The number of aryl methyl sites for hydroxylation is 3. The predicted molar refractivity (Wildman–Crippen MR) is 212 cm³/mol. The van der Waals surface area contributed by atoms with Crippen molar-refractivity contribution in [2.24, 2.45) is 21.1 Å². The Morgan fingerprint density at radius 3 is 0.966 bits per heavy atom. The van der Waals surface area contributed by atoms with E-state index in [1.54, 1.807) is 17.0 Å². The summed E-state index contributed by atoms with van der Waals surface area (Å²) < 4.78 is 7.72. The molecule has 2 aliphatic heterocycles. The van der Waals surface area contributed by atoms with Gasteiger partial charge in [0, 0.05) is 92.9 Å². The highest BCUT2D eigenvalue weighted by molar-refractivity contribution is 5.99. The summed E-state index contributed by atoms with van der Waals surface area (Å²) in [4.78, 5) is 29.8. The van der Waals surface area contributed by atoms with Crippen LogP contribution in [0.15, 0.2) is 122 Å². The highest BCUT2D eigenvalue weighted by Crippen LogP contribution is 2.37. The second-order valence-corrected chi connectivity index (χ2v) is 13.9. The number of pyridine rings is 4. The number of H-pyrrole nitrogens is 2. The van der Waals surface area contributed by atoms with Gasteiger partial charge in [-0.2, -0.15) is 4.57 Å². The summed E-state index contributed by atoms with van der Waals surface area (Å²) >= 11 is 0. The Morgan fingerprint density at radius 1 is 0.458 bits per heavy atom. The maximum Gasteiger partial charge on any atom is 0.370 e. The van der Waals surface area contributed by atoms with Crippen molar-refractivity contribution >= 4 is 52.3 Å². The number of nitrogens with zero attached hydrogens (tertiary/aromatic N) is 6. The third kappa shape index (κ3) is 9.34. The number of hydrogen-bond donors (Lipinski definition) is 3. The van der Waals surface area contributed by atoms with E-state index >= 15 is 0 Å². The van der Waals surface area contributed by atoms with Crippen LogP contribution in [0.5, 0.6) is 0 Å². The summed E-state index contributed by atoms with van der Waals surface area (Å²) in [7, 11) is 6.03. The highest BCUT2D eigenvalue weighted by atomic mass is 127. The van der Waals surface area contributed by atoms with Crippen molar-refractivity contribution < 1.29 is 124 Å². The fraction of sp³-hybridized carbons (Fsp3) is 0.0889. The van der Waals surface area contributed by atoms with Gasteiger partial charge in [0.15, 0.2) is 49.6 Å². The monoisotopic (exact) mass is 1230 g/mol. The van der Waals surface area contributed by atoms with Gasteiger partial charge in [0.25, 0.3) is 0 Å². The zero-order valence-corrected chi connectivity index (χ0v) is 40.7. The van der Waals surface area contributed by atoms with Gasteiger partial charge in [0.1, 0.15) is 21.1 Å². The van der Waals surface area contributed by atoms with Crippen molar-refractivity contribution in [2.75, 3.05) is 0 Å². The molecular formula is C45H38I4N8O2. The van der Waals surface area contributed by atoms with Gasteiger partial charge in [0.05, 0.1) is 22.8 Å². The van der Waals surface area contributed by atoms with Crippen LogP contribution in [-0.4, -0.2) is 31.0 Å². The van der Waals surface area contributed by atoms with Crippen LogP contribution in [0, 0.1) is 0 Å². The minimum atomic E-state index is -0.902. The maximum absolute atomic E-state index is 11.5. The number of carbonyl (C=O) groups is 1. The zero-order valence-electron chi connectivity index (χ0n) is 32.1. The van der Waals surface area contributed by atoms with Gasteiger partial charge in [-0.1, -0.05) is 0 Å². The lowest BCUT2D eigenvalue weighted by Crippen LogP contribution is -3.00. The van der Waals surface area contributed by atoms with E-state index in [0.29, 0.717) is 0 Å². The lowest BCUT2D eigenvalue weighted by molar-refractivity contribution is -0.685. The van der Waals surface area contributed by atoms with Crippen LogP contribution < -0.4 is 114 Å². The van der Waals surface area contributed by atoms with E-state index in [2.05, 4.69) is 107 Å². The van der Waals surface area contributed by atoms with Gasteiger partial charge in [-0.15, -0.1) is 0 Å². The van der Waals surface area contributed by atoms with E-state index in [1.165, 1.54) is 0 Å². The zero-order chi connectivity index (χ0) is 37.6. The van der Waals surface area contributed by atoms with E-state index in [-0.39, 0.29) is 102 Å². The number of halogens is 4. The Bertz CT molecular complexity index is 2840. The number of carboxylic acids is 1. The van der Waals surface area contributed by atoms with Crippen LogP contribution >= 0.6 is 0 Å². The number of aliphatic carboxylic acids is 1. The van der Waals surface area contributed by atoms with Crippen molar-refractivity contribution in [1.29, 1.82) is 0 Å². The molecule has 2 aliphatic rings. The van der Waals surface area contributed by atoms with Crippen LogP contribution in [0.25, 0.3) is 90.9 Å². The predicted octanol–water partition coefficient (Wildman–Crippen LogP) is -5.81. The lowest BCUT2D eigenvalue weighted by atomic mass is 10.0. The fourth-order valence-corrected chi connectivity index (χ4v) is 7.31. The maximum atomic E-state index is 11.5. The molecule has 9 heterocycles. The third-order valence-corrected chi connectivity index (χ3v) is 10.1. The lowest BCUT2D eigenvalue weighted by Gasteiger charge is -2.06. The molecule has 7 aromatic rings. The molecule has 0 amide bonds. The SMILES string of the molecule is C[n+]1ccc(-c2c3nc(c(-c4cc[n+](C)cc4)c4ccc([nH]4)c(-c4cc[n+](CC(=O)O)cc4)c4nc(c(-c5cc[n+](C)cc5)c5ccc2[nH]5)C=C4)C=C3)cc1.[I-].[I-].[I-].[I-]. The molecule has 0 saturated heterocycles. The molecular weight excluding hydrogens is 1190 g/mol. The summed E-state index contributed by atoms with van der Waals surface area (Å²) in [5.41, 5.74) is 14.7. The Morgan fingerprint density at radius 2 is 0.712 bits per heavy atom. The van der Waals surface area contributed by atoms with Crippen LogP contribution in [0.3, 0.4) is 0 Å². The molecule has 0 spiro atoms. The topological polar surface area (TPSA) is 110 Å². The first-order valence-corrected chi connectivity index (χ1v) is 18.0. The summed E-state index contributed by atoms with van der Waals surface area (Å²) in [6.07, 6.45) is 24.2. The Hall–Kier alpha value is -4.41. The minimum Gasteiger partial charge on any atom is -1.00 e. The molecule has 3 N–H and O–H groups in total. The largest absolute Gasteiger partial charge is 1.00 e. The summed E-state index contributed by atoms with van der Waals surface area (Å²) in [6, 6.07) is 25.0. The average Bonchev–Trinajstić information content (AvgIpc) is 4.02. The van der Waals surface area contributed by atoms with Gasteiger partial charge in [0.2, 0.25) is 6.54 Å². The van der Waals surface area contributed by atoms with Crippen molar-refractivity contribution in [3.8, 4) is 44.5 Å². The molecule has 8 bridgehead atoms. The van der Waals surface area contributed by atoms with Gasteiger partial charge in [-0.05, 0) is 70.8 Å². The second-order valence-electron chi connectivity index (χ2n) is 13.9. The van der Waals surface area contributed by atoms with Crippen molar-refractivity contribution in [3.05, 3.63) is 145 Å². The van der Waals surface area contributed by atoms with Crippen LogP contribution in [0.1, 0.15) is 22.8 Å². The molecule has 0 fully saturated rings. The quantitative estimate of drug-likeness (QED) is 0.114. The molecule has 0 unspecified atom stereocenters. The summed E-state index contributed by atoms with van der Waals surface area (Å²) in [6.45, 7) is -0.129. The first-order valence-electron chi connectivity index (χ1n) is 18.0. The molecule has 0 aromatic carbocycles. The number of aromatic amines is 2. The molecule has 0 radical (unpaired) electrons. The van der Waals surface area contributed by atoms with Crippen LogP contribution in [0.4, 0.5) is 0 Å². The number of rotatable bonds is 6. The number of aromatic nitrogens is 8. The number of fused-ring (bicyclic) bond motifs is 8. The number of carboxylic acid groups (broad SMARTS) is 1. The number of nitrogens with one attached hydrogen (secondary N) is 2. The average molecular weight is 1230 g/mol. The van der Waals surface area contributed by atoms with Gasteiger partial charge < -0.3 is 111 Å². The highest BCUT2D eigenvalue weighted by Gasteiger charge is 2.20. The molecule has 59 heavy (non-hydrogen) atoms.